The summed E-state index contributed by atoms with van der Waals surface area (Å²) in [4.78, 5) is 10.5. The van der Waals surface area contributed by atoms with Crippen molar-refractivity contribution in [2.45, 2.75) is 6.10 Å². The maximum Gasteiger partial charge on any atom is 0.221 e. The van der Waals surface area contributed by atoms with E-state index in [-0.39, 0.29) is 6.10 Å². The minimum absolute atomic E-state index is 0.00329. The number of morpholine rings is 1. The van der Waals surface area contributed by atoms with Crippen LogP contribution in [-0.4, -0.2) is 36.8 Å². The minimum atomic E-state index is -0.00329. The van der Waals surface area contributed by atoms with E-state index < -0.39 is 0 Å². The van der Waals surface area contributed by atoms with E-state index in [9.17, 15) is 0 Å². The van der Waals surface area contributed by atoms with Crippen molar-refractivity contribution in [1.82, 2.24) is 9.97 Å². The number of rotatable bonds is 3. The molecule has 1 atom stereocenters. The first-order valence-corrected chi connectivity index (χ1v) is 8.26. The molecule has 0 aliphatic carbocycles. The summed E-state index contributed by atoms with van der Waals surface area (Å²) in [5.74, 6) is 1.99. The summed E-state index contributed by atoms with van der Waals surface area (Å²) in [6.07, 6.45) is 1.68. The smallest absolute Gasteiger partial charge is 0.221 e. The summed E-state index contributed by atoms with van der Waals surface area (Å²) < 4.78 is 11.3. The monoisotopic (exact) mass is 336 g/mol. The summed E-state index contributed by atoms with van der Waals surface area (Å²) in [6.45, 7) is 2.17. The largest absolute Gasteiger partial charge is 0.497 e. The predicted molar refractivity (Wildman–Crippen MR) is 97.9 cm³/mol. The molecular formula is C19H20N4O2. The standard InChI is InChI=1S/C19H20N4O2/c1-24-16-5-4-13-10-15(3-2-14(13)11-16)17-12-23(8-9-25-17)18-6-7-21-19(20)22-18/h2-7,10-11,17H,8-9,12H2,1H3,(H2,20,21,22)/t17-/m1/s1. The Kier molecular flexibility index (Phi) is 4.11. The normalized spacial score (nSPS) is 17.6. The third kappa shape index (κ3) is 3.21. The zero-order valence-corrected chi connectivity index (χ0v) is 14.1. The van der Waals surface area contributed by atoms with E-state index in [0.717, 1.165) is 35.6 Å². The van der Waals surface area contributed by atoms with Crippen molar-refractivity contribution in [2.24, 2.45) is 0 Å². The van der Waals surface area contributed by atoms with Gasteiger partial charge in [0.15, 0.2) is 0 Å². The number of methoxy groups -OCH3 is 1. The Morgan fingerprint density at radius 3 is 2.84 bits per heavy atom. The van der Waals surface area contributed by atoms with Crippen molar-refractivity contribution in [3.8, 4) is 5.75 Å². The molecule has 0 unspecified atom stereocenters. The van der Waals surface area contributed by atoms with E-state index in [1.807, 2.05) is 18.2 Å². The number of ether oxygens (including phenoxy) is 2. The van der Waals surface area contributed by atoms with E-state index >= 15 is 0 Å². The maximum atomic E-state index is 6.00. The highest BCUT2D eigenvalue weighted by Gasteiger charge is 2.23. The second-order valence-electron chi connectivity index (χ2n) is 6.05. The second-order valence-corrected chi connectivity index (χ2v) is 6.05. The van der Waals surface area contributed by atoms with Crippen molar-refractivity contribution < 1.29 is 9.47 Å². The van der Waals surface area contributed by atoms with Gasteiger partial charge in [-0.3, -0.25) is 0 Å². The molecule has 6 heteroatoms. The summed E-state index contributed by atoms with van der Waals surface area (Å²) >= 11 is 0. The van der Waals surface area contributed by atoms with Crippen LogP contribution in [0.4, 0.5) is 11.8 Å². The van der Waals surface area contributed by atoms with Crippen molar-refractivity contribution in [3.63, 3.8) is 0 Å². The number of benzene rings is 2. The topological polar surface area (TPSA) is 73.5 Å². The first kappa shape index (κ1) is 15.7. The van der Waals surface area contributed by atoms with Gasteiger partial charge in [-0.05, 0) is 40.6 Å². The van der Waals surface area contributed by atoms with Gasteiger partial charge in [0.05, 0.1) is 13.7 Å². The highest BCUT2D eigenvalue weighted by molar-refractivity contribution is 5.84. The van der Waals surface area contributed by atoms with Crippen LogP contribution in [0.1, 0.15) is 11.7 Å². The Morgan fingerprint density at radius 1 is 1.16 bits per heavy atom. The molecule has 128 valence electrons. The zero-order valence-electron chi connectivity index (χ0n) is 14.1. The van der Waals surface area contributed by atoms with Gasteiger partial charge in [-0.1, -0.05) is 18.2 Å². The number of nitrogens with zero attached hydrogens (tertiary/aromatic N) is 3. The lowest BCUT2D eigenvalue weighted by molar-refractivity contribution is 0.0396. The number of hydrogen-bond donors (Lipinski definition) is 1. The lowest BCUT2D eigenvalue weighted by Gasteiger charge is -2.34. The van der Waals surface area contributed by atoms with Crippen LogP contribution in [-0.2, 0) is 4.74 Å². The van der Waals surface area contributed by atoms with Gasteiger partial charge in [-0.25, -0.2) is 4.98 Å². The molecule has 1 fully saturated rings. The number of anilines is 2. The first-order valence-electron chi connectivity index (χ1n) is 8.26. The Balaban J connectivity index is 1.59. The number of nitrogens with two attached hydrogens (primary N) is 1. The lowest BCUT2D eigenvalue weighted by Crippen LogP contribution is -2.39. The summed E-state index contributed by atoms with van der Waals surface area (Å²) in [7, 11) is 1.68. The SMILES string of the molecule is COc1ccc2cc([C@H]3CN(c4ccnc(N)n4)CCO3)ccc2c1. The maximum absolute atomic E-state index is 6.00. The summed E-state index contributed by atoms with van der Waals surface area (Å²) in [5.41, 5.74) is 6.86. The average molecular weight is 336 g/mol. The van der Waals surface area contributed by atoms with Gasteiger partial charge in [-0.2, -0.15) is 4.98 Å². The molecule has 0 spiro atoms. The Bertz CT molecular complexity index is 899. The molecule has 1 saturated heterocycles. The molecule has 4 rings (SSSR count). The van der Waals surface area contributed by atoms with Gasteiger partial charge in [0.25, 0.3) is 0 Å². The van der Waals surface area contributed by atoms with Crippen LogP contribution in [0.2, 0.25) is 0 Å². The first-order chi connectivity index (χ1) is 12.2. The lowest BCUT2D eigenvalue weighted by atomic mass is 10.0. The van der Waals surface area contributed by atoms with Gasteiger partial charge in [0.2, 0.25) is 5.95 Å². The van der Waals surface area contributed by atoms with Crippen LogP contribution in [0.5, 0.6) is 5.75 Å². The highest BCUT2D eigenvalue weighted by Crippen LogP contribution is 2.29. The molecule has 0 bridgehead atoms. The molecule has 1 aromatic heterocycles. The van der Waals surface area contributed by atoms with Gasteiger partial charge < -0.3 is 20.1 Å². The molecule has 2 N–H and O–H groups in total. The molecule has 0 radical (unpaired) electrons. The third-order valence-electron chi connectivity index (χ3n) is 4.49. The Hall–Kier alpha value is -2.86. The van der Waals surface area contributed by atoms with Crippen molar-refractivity contribution in [2.75, 3.05) is 37.4 Å². The van der Waals surface area contributed by atoms with Gasteiger partial charge in [-0.15, -0.1) is 0 Å². The van der Waals surface area contributed by atoms with E-state index in [2.05, 4.69) is 39.1 Å². The molecule has 1 aliphatic heterocycles. The van der Waals surface area contributed by atoms with Gasteiger partial charge in [0, 0.05) is 19.3 Å². The quantitative estimate of drug-likeness (QED) is 0.793. The number of hydrogen-bond acceptors (Lipinski definition) is 6. The van der Waals surface area contributed by atoms with E-state index in [1.54, 1.807) is 13.3 Å². The van der Waals surface area contributed by atoms with Crippen LogP contribution >= 0.6 is 0 Å². The molecule has 2 heterocycles. The Morgan fingerprint density at radius 2 is 2.00 bits per heavy atom. The fraction of sp³-hybridized carbons (Fsp3) is 0.263. The fourth-order valence-corrected chi connectivity index (χ4v) is 3.17. The molecule has 3 aromatic rings. The summed E-state index contributed by atoms with van der Waals surface area (Å²) in [6, 6.07) is 14.4. The van der Waals surface area contributed by atoms with Crippen molar-refractivity contribution in [3.05, 3.63) is 54.2 Å². The molecule has 0 saturated carbocycles. The fourth-order valence-electron chi connectivity index (χ4n) is 3.17. The molecule has 1 aliphatic rings. The highest BCUT2D eigenvalue weighted by atomic mass is 16.5. The zero-order chi connectivity index (χ0) is 17.2. The summed E-state index contributed by atoms with van der Waals surface area (Å²) in [5, 5.41) is 2.32. The predicted octanol–water partition coefficient (Wildman–Crippen LogP) is 2.80. The molecule has 2 aromatic carbocycles. The molecular weight excluding hydrogens is 316 g/mol. The van der Waals surface area contributed by atoms with Gasteiger partial charge in [0.1, 0.15) is 17.7 Å². The average Bonchev–Trinajstić information content (AvgIpc) is 2.67. The van der Waals surface area contributed by atoms with Gasteiger partial charge >= 0.3 is 0 Å². The number of nitrogen functional groups attached to an aromatic ring is 1. The Labute approximate surface area is 146 Å². The molecule has 0 amide bonds. The number of aromatic nitrogens is 2. The second kappa shape index (κ2) is 6.57. The molecule has 6 nitrogen and oxygen atoms in total. The van der Waals surface area contributed by atoms with Crippen molar-refractivity contribution in [1.29, 1.82) is 0 Å². The number of fused-ring (bicyclic) bond motifs is 1. The van der Waals surface area contributed by atoms with Crippen LogP contribution in [0, 0.1) is 0 Å². The van der Waals surface area contributed by atoms with Crippen LogP contribution in [0.3, 0.4) is 0 Å². The van der Waals surface area contributed by atoms with E-state index in [4.69, 9.17) is 15.2 Å². The van der Waals surface area contributed by atoms with Crippen LogP contribution < -0.4 is 15.4 Å². The van der Waals surface area contributed by atoms with E-state index in [1.165, 1.54) is 5.39 Å². The van der Waals surface area contributed by atoms with Crippen LogP contribution in [0.25, 0.3) is 10.8 Å². The minimum Gasteiger partial charge on any atom is -0.497 e. The molecule has 25 heavy (non-hydrogen) atoms. The van der Waals surface area contributed by atoms with Crippen molar-refractivity contribution >= 4 is 22.5 Å². The third-order valence-corrected chi connectivity index (χ3v) is 4.49. The van der Waals surface area contributed by atoms with Crippen LogP contribution in [0.15, 0.2) is 48.7 Å². The van der Waals surface area contributed by atoms with E-state index in [0.29, 0.717) is 12.6 Å².